The molecule has 0 bridgehead atoms. The molecule has 3 atom stereocenters. The number of aromatic nitrogens is 1. The Morgan fingerprint density at radius 1 is 1.13 bits per heavy atom. The van der Waals surface area contributed by atoms with E-state index in [4.69, 9.17) is 10.5 Å². The fraction of sp³-hybridized carbons (Fsp3) is 0.481. The van der Waals surface area contributed by atoms with E-state index in [0.29, 0.717) is 15.6 Å². The zero-order chi connectivity index (χ0) is 28.8. The van der Waals surface area contributed by atoms with Crippen LogP contribution in [0.25, 0.3) is 0 Å². The van der Waals surface area contributed by atoms with Crippen molar-refractivity contribution in [2.75, 3.05) is 6.26 Å². The van der Waals surface area contributed by atoms with Gasteiger partial charge in [0, 0.05) is 35.6 Å². The Labute approximate surface area is 229 Å². The highest BCUT2D eigenvalue weighted by atomic mass is 79.9. The molecule has 0 radical (unpaired) electrons. The van der Waals surface area contributed by atoms with Gasteiger partial charge < -0.3 is 10.5 Å². The van der Waals surface area contributed by atoms with Gasteiger partial charge in [0.1, 0.15) is 28.2 Å². The van der Waals surface area contributed by atoms with Crippen LogP contribution in [-0.4, -0.2) is 36.7 Å². The van der Waals surface area contributed by atoms with Crippen molar-refractivity contribution in [2.45, 2.75) is 70.4 Å². The maximum atomic E-state index is 14.6. The third kappa shape index (κ3) is 6.34. The number of nitrogens with zero attached hydrogens (tertiary/aromatic N) is 1. The average Bonchev–Trinajstić information content (AvgIpc) is 3.12. The summed E-state index contributed by atoms with van der Waals surface area (Å²) in [5.74, 6) is 3.04. The second kappa shape index (κ2) is 10.5. The summed E-state index contributed by atoms with van der Waals surface area (Å²) in [6.07, 6.45) is -2.53. The van der Waals surface area contributed by atoms with Gasteiger partial charge in [-0.25, -0.2) is 31.4 Å². The summed E-state index contributed by atoms with van der Waals surface area (Å²) in [4.78, 5) is 16.7. The highest BCUT2D eigenvalue weighted by Crippen LogP contribution is 2.49. The van der Waals surface area contributed by atoms with Gasteiger partial charge in [-0.1, -0.05) is 26.7 Å². The smallest absolute Gasteiger partial charge is 0.405 e. The van der Waals surface area contributed by atoms with Crippen LogP contribution in [0.5, 0.6) is 0 Å². The summed E-state index contributed by atoms with van der Waals surface area (Å²) in [6, 6.07) is 3.02. The molecule has 1 heterocycles. The van der Waals surface area contributed by atoms with Crippen LogP contribution in [0.4, 0.5) is 18.0 Å². The Bertz CT molecular complexity index is 1420. The zero-order valence-corrected chi connectivity index (χ0v) is 24.4. The third-order valence-electron chi connectivity index (χ3n) is 6.62. The molecule has 11 heteroatoms. The largest absolute Gasteiger partial charge is 0.439 e. The second-order valence-corrected chi connectivity index (χ2v) is 14.4. The number of alkyl halides is 1. The number of hydrogen-bond acceptors (Lipinski definition) is 5. The number of benzene rings is 1. The van der Waals surface area contributed by atoms with E-state index in [-0.39, 0.29) is 29.8 Å². The number of carbonyl (C=O) groups is 1. The summed E-state index contributed by atoms with van der Waals surface area (Å²) < 4.78 is 72.0. The Morgan fingerprint density at radius 3 is 2.18 bits per heavy atom. The summed E-state index contributed by atoms with van der Waals surface area (Å²) >= 11 is 3.49. The number of fused-ring (bicyclic) bond motifs is 1. The van der Waals surface area contributed by atoms with E-state index in [1.165, 1.54) is 13.8 Å². The number of sulfone groups is 1. The number of nitrogens with two attached hydrogens (primary N) is 1. The summed E-state index contributed by atoms with van der Waals surface area (Å²) in [5.41, 5.74) is 6.19. The average molecular weight is 616 g/mol. The maximum Gasteiger partial charge on any atom is 0.405 e. The van der Waals surface area contributed by atoms with Gasteiger partial charge in [0.2, 0.25) is 0 Å². The van der Waals surface area contributed by atoms with Gasteiger partial charge in [0.15, 0.2) is 15.9 Å². The van der Waals surface area contributed by atoms with Gasteiger partial charge in [-0.2, -0.15) is 0 Å². The predicted octanol–water partition coefficient (Wildman–Crippen LogP) is 5.70. The summed E-state index contributed by atoms with van der Waals surface area (Å²) in [5, 5.41) is 0. The molecule has 0 spiro atoms. The van der Waals surface area contributed by atoms with Crippen molar-refractivity contribution in [2.24, 2.45) is 11.1 Å². The Kier molecular flexibility index (Phi) is 8.31. The van der Waals surface area contributed by atoms with Crippen LogP contribution in [0, 0.1) is 28.9 Å². The molecule has 3 rings (SSSR count). The van der Waals surface area contributed by atoms with E-state index in [2.05, 4.69) is 32.8 Å². The van der Waals surface area contributed by atoms with Crippen molar-refractivity contribution in [3.8, 4) is 11.8 Å². The first-order valence-electron chi connectivity index (χ1n) is 11.8. The van der Waals surface area contributed by atoms with Crippen LogP contribution in [0.3, 0.4) is 0 Å². The number of hydrogen-bond donors (Lipinski definition) is 1. The van der Waals surface area contributed by atoms with Gasteiger partial charge in [-0.15, -0.1) is 0 Å². The number of ether oxygens (including phenoxy) is 1. The molecule has 0 fully saturated rings. The molecule has 2 unspecified atom stereocenters. The van der Waals surface area contributed by atoms with Crippen LogP contribution >= 0.6 is 15.9 Å². The molecule has 1 aliphatic carbocycles. The molecule has 1 aromatic carbocycles. The van der Waals surface area contributed by atoms with Gasteiger partial charge in [-0.3, -0.25) is 0 Å². The molecule has 0 saturated heterocycles. The number of carbonyl (C=O) groups excluding carboxylic acids is 1. The second-order valence-electron chi connectivity index (χ2n) is 11.1. The molecule has 206 valence electrons. The molecule has 1 aromatic heterocycles. The van der Waals surface area contributed by atoms with Crippen molar-refractivity contribution in [1.29, 1.82) is 0 Å². The van der Waals surface area contributed by atoms with Crippen LogP contribution in [0.2, 0.25) is 0 Å². The lowest BCUT2D eigenvalue weighted by molar-refractivity contribution is 0.0545. The van der Waals surface area contributed by atoms with Crippen LogP contribution < -0.4 is 5.73 Å². The molecule has 1 aliphatic rings. The number of pyridine rings is 1. The van der Waals surface area contributed by atoms with Crippen LogP contribution in [0.15, 0.2) is 22.7 Å². The topological polar surface area (TPSA) is 99.3 Å². The number of primary amides is 1. The monoisotopic (exact) mass is 614 g/mol. The quantitative estimate of drug-likeness (QED) is 0.436. The molecule has 38 heavy (non-hydrogen) atoms. The lowest BCUT2D eigenvalue weighted by Gasteiger charge is -2.37. The molecule has 2 aromatic rings. The first-order chi connectivity index (χ1) is 17.3. The first kappa shape index (κ1) is 30.0. The Morgan fingerprint density at radius 2 is 1.68 bits per heavy atom. The van der Waals surface area contributed by atoms with E-state index in [9.17, 15) is 26.4 Å². The number of halogens is 4. The Hall–Kier alpha value is -2.58. The van der Waals surface area contributed by atoms with Crippen molar-refractivity contribution in [3.05, 3.63) is 62.4 Å². The van der Waals surface area contributed by atoms with Gasteiger partial charge in [0.05, 0.1) is 5.69 Å². The van der Waals surface area contributed by atoms with E-state index < -0.39 is 55.9 Å². The molecule has 6 nitrogen and oxygen atoms in total. The van der Waals surface area contributed by atoms with E-state index in [0.717, 1.165) is 24.5 Å². The highest BCUT2D eigenvalue weighted by Gasteiger charge is 2.41. The van der Waals surface area contributed by atoms with Crippen molar-refractivity contribution in [3.63, 3.8) is 0 Å². The van der Waals surface area contributed by atoms with Crippen molar-refractivity contribution >= 4 is 31.9 Å². The van der Waals surface area contributed by atoms with Gasteiger partial charge in [-0.05, 0) is 69.9 Å². The third-order valence-corrected chi connectivity index (χ3v) is 9.47. The molecule has 2 N–H and O–H groups in total. The molecule has 0 saturated carbocycles. The van der Waals surface area contributed by atoms with Crippen LogP contribution in [0.1, 0.15) is 74.7 Å². The van der Waals surface area contributed by atoms with Crippen LogP contribution in [-0.2, 0) is 27.4 Å². The van der Waals surface area contributed by atoms with E-state index >= 15 is 0 Å². The number of amides is 1. The summed E-state index contributed by atoms with van der Waals surface area (Å²) in [7, 11) is -3.57. The SMILES string of the molecule is CC(C)(C)C(c1cc(F)cc(F)c1)C(OC(N)=O)c1nc(C#CC(C)(C)S(C)(=O)=O)c2c(c1Br)C[C@H](F)C2. The minimum absolute atomic E-state index is 0.0175. The molecule has 0 aliphatic heterocycles. The fourth-order valence-electron chi connectivity index (χ4n) is 4.50. The molecular formula is C27H30BrF3N2O4S. The van der Waals surface area contributed by atoms with Crippen molar-refractivity contribution in [1.82, 2.24) is 4.98 Å². The lowest BCUT2D eigenvalue weighted by Crippen LogP contribution is -2.31. The normalized spacial score (nSPS) is 17.3. The van der Waals surface area contributed by atoms with Gasteiger partial charge >= 0.3 is 6.09 Å². The predicted molar refractivity (Wildman–Crippen MR) is 142 cm³/mol. The molecule has 1 amide bonds. The zero-order valence-electron chi connectivity index (χ0n) is 22.0. The van der Waals surface area contributed by atoms with E-state index in [1.54, 1.807) is 20.8 Å². The fourth-order valence-corrected chi connectivity index (χ4v) is 5.45. The van der Waals surface area contributed by atoms with Gasteiger partial charge in [0.25, 0.3) is 0 Å². The highest BCUT2D eigenvalue weighted by molar-refractivity contribution is 9.10. The minimum atomic E-state index is -3.57. The van der Waals surface area contributed by atoms with Crippen molar-refractivity contribution < 1.29 is 31.1 Å². The molecular weight excluding hydrogens is 585 g/mol. The minimum Gasteiger partial charge on any atom is -0.439 e. The lowest BCUT2D eigenvalue weighted by atomic mass is 9.72. The first-order valence-corrected chi connectivity index (χ1v) is 14.5. The standard InChI is InChI=1S/C27H30BrF3N2O4S/c1-26(2,3)21(14-9-15(29)11-16(30)10-14)24(37-25(32)34)23-22(28)19-13-17(31)12-18(19)20(33-23)7-8-27(4,5)38(6,35)36/h9-11,17,21,24H,12-13H2,1-6H3,(H2,32,34)/t17-,21?,24?/m1/s1. The maximum absolute atomic E-state index is 14.6. The number of rotatable bonds is 5. The summed E-state index contributed by atoms with van der Waals surface area (Å²) in [6.45, 7) is 8.28. The van der Waals surface area contributed by atoms with E-state index in [1.807, 2.05) is 0 Å². The Balaban J connectivity index is 2.34.